The van der Waals surface area contributed by atoms with E-state index < -0.39 is 0 Å². The maximum absolute atomic E-state index is 12.9. The number of aromatic nitrogens is 2. The molecular weight excluding hydrogens is 356 g/mol. The quantitative estimate of drug-likeness (QED) is 0.711. The van der Waals surface area contributed by atoms with E-state index in [9.17, 15) is 4.79 Å². The van der Waals surface area contributed by atoms with E-state index in [0.717, 1.165) is 42.0 Å². The molecule has 3 aromatic rings. The van der Waals surface area contributed by atoms with Gasteiger partial charge >= 0.3 is 0 Å². The zero-order chi connectivity index (χ0) is 19.3. The van der Waals surface area contributed by atoms with Gasteiger partial charge in [0.15, 0.2) is 0 Å². The maximum Gasteiger partial charge on any atom is 0.270 e. The van der Waals surface area contributed by atoms with Crippen molar-refractivity contribution in [3.63, 3.8) is 0 Å². The number of benzene rings is 1. The highest BCUT2D eigenvalue weighted by atomic mass is 16.5. The molecule has 1 saturated heterocycles. The van der Waals surface area contributed by atoms with Gasteiger partial charge in [0, 0.05) is 44.3 Å². The number of rotatable bonds is 6. The van der Waals surface area contributed by atoms with E-state index in [4.69, 9.17) is 9.47 Å². The van der Waals surface area contributed by atoms with Crippen molar-refractivity contribution < 1.29 is 14.3 Å². The van der Waals surface area contributed by atoms with Crippen molar-refractivity contribution in [2.75, 3.05) is 46.4 Å². The van der Waals surface area contributed by atoms with E-state index in [0.29, 0.717) is 25.4 Å². The molecule has 7 heteroatoms. The standard InChI is InChI=1S/C21H24N4O3/c1-27-19-6-2-4-16-14-18(23-20(16)19)21(26)25-10-8-24(9-11-25)12-13-28-17-5-3-7-22-15-17/h2-7,14-15,23H,8-13H2,1H3. The van der Waals surface area contributed by atoms with Gasteiger partial charge in [-0.2, -0.15) is 0 Å². The molecule has 2 aromatic heterocycles. The van der Waals surface area contributed by atoms with Crippen LogP contribution in [-0.4, -0.2) is 72.1 Å². The molecule has 1 aromatic carbocycles. The van der Waals surface area contributed by atoms with Crippen LogP contribution in [0, 0.1) is 0 Å². The summed E-state index contributed by atoms with van der Waals surface area (Å²) >= 11 is 0. The molecule has 1 aliphatic heterocycles. The van der Waals surface area contributed by atoms with Gasteiger partial charge in [-0.05, 0) is 24.3 Å². The smallest absolute Gasteiger partial charge is 0.270 e. The summed E-state index contributed by atoms with van der Waals surface area (Å²) in [7, 11) is 1.63. The summed E-state index contributed by atoms with van der Waals surface area (Å²) in [5, 5.41) is 0.980. The predicted molar refractivity (Wildman–Crippen MR) is 107 cm³/mol. The first-order valence-electron chi connectivity index (χ1n) is 9.45. The second kappa shape index (κ2) is 8.31. The molecule has 0 atom stereocenters. The van der Waals surface area contributed by atoms with Crippen molar-refractivity contribution in [3.05, 3.63) is 54.5 Å². The fourth-order valence-corrected chi connectivity index (χ4v) is 3.48. The summed E-state index contributed by atoms with van der Waals surface area (Å²) in [4.78, 5) is 24.4. The van der Waals surface area contributed by atoms with E-state index in [2.05, 4.69) is 14.9 Å². The second-order valence-electron chi connectivity index (χ2n) is 6.78. The SMILES string of the molecule is COc1cccc2cc(C(=O)N3CCN(CCOc4cccnc4)CC3)[nH]c12. The maximum atomic E-state index is 12.9. The van der Waals surface area contributed by atoms with Crippen LogP contribution in [0.25, 0.3) is 10.9 Å². The van der Waals surface area contributed by atoms with Crippen LogP contribution in [-0.2, 0) is 0 Å². The third-order valence-corrected chi connectivity index (χ3v) is 5.04. The van der Waals surface area contributed by atoms with Crippen molar-refractivity contribution in [3.8, 4) is 11.5 Å². The molecule has 0 spiro atoms. The van der Waals surface area contributed by atoms with Crippen LogP contribution in [0.5, 0.6) is 11.5 Å². The molecule has 0 unspecified atom stereocenters. The first kappa shape index (κ1) is 18.3. The van der Waals surface area contributed by atoms with Crippen LogP contribution in [0.1, 0.15) is 10.5 Å². The van der Waals surface area contributed by atoms with Gasteiger partial charge in [0.05, 0.1) is 18.8 Å². The number of carbonyl (C=O) groups excluding carboxylic acids is 1. The molecule has 1 fully saturated rings. The highest BCUT2D eigenvalue weighted by molar-refractivity contribution is 5.99. The number of piperazine rings is 1. The van der Waals surface area contributed by atoms with Crippen LogP contribution < -0.4 is 9.47 Å². The van der Waals surface area contributed by atoms with Gasteiger partial charge in [-0.25, -0.2) is 0 Å². The lowest BCUT2D eigenvalue weighted by Crippen LogP contribution is -2.49. The topological polar surface area (TPSA) is 70.7 Å². The average Bonchev–Trinajstić information content (AvgIpc) is 3.19. The Balaban J connectivity index is 1.30. The largest absolute Gasteiger partial charge is 0.495 e. The molecule has 0 bridgehead atoms. The zero-order valence-corrected chi connectivity index (χ0v) is 15.9. The molecule has 0 radical (unpaired) electrons. The number of nitrogens with one attached hydrogen (secondary N) is 1. The first-order chi connectivity index (χ1) is 13.7. The van der Waals surface area contributed by atoms with Gasteiger partial charge in [-0.3, -0.25) is 14.7 Å². The summed E-state index contributed by atoms with van der Waals surface area (Å²) in [5.74, 6) is 1.56. The van der Waals surface area contributed by atoms with Gasteiger partial charge in [-0.1, -0.05) is 12.1 Å². The molecule has 1 amide bonds. The first-order valence-corrected chi connectivity index (χ1v) is 9.45. The van der Waals surface area contributed by atoms with E-state index in [-0.39, 0.29) is 5.91 Å². The number of nitrogens with zero attached hydrogens (tertiary/aromatic N) is 3. The van der Waals surface area contributed by atoms with Crippen LogP contribution >= 0.6 is 0 Å². The van der Waals surface area contributed by atoms with Crippen molar-refractivity contribution in [1.29, 1.82) is 0 Å². The predicted octanol–water partition coefficient (Wildman–Crippen LogP) is 2.41. The fourth-order valence-electron chi connectivity index (χ4n) is 3.48. The average molecular weight is 380 g/mol. The number of H-pyrrole nitrogens is 1. The Bertz CT molecular complexity index is 933. The lowest BCUT2D eigenvalue weighted by Gasteiger charge is -2.34. The van der Waals surface area contributed by atoms with Crippen LogP contribution in [0.15, 0.2) is 48.8 Å². The zero-order valence-electron chi connectivity index (χ0n) is 15.9. The van der Waals surface area contributed by atoms with Crippen molar-refractivity contribution in [1.82, 2.24) is 19.8 Å². The molecule has 28 heavy (non-hydrogen) atoms. The number of hydrogen-bond donors (Lipinski definition) is 1. The summed E-state index contributed by atoms with van der Waals surface area (Å²) in [5.41, 5.74) is 1.47. The Labute approximate surface area is 163 Å². The fraction of sp³-hybridized carbons (Fsp3) is 0.333. The summed E-state index contributed by atoms with van der Waals surface area (Å²) in [6, 6.07) is 11.5. The molecular formula is C21H24N4O3. The number of ether oxygens (including phenoxy) is 2. The van der Waals surface area contributed by atoms with Gasteiger partial charge in [-0.15, -0.1) is 0 Å². The second-order valence-corrected chi connectivity index (χ2v) is 6.78. The monoisotopic (exact) mass is 380 g/mol. The van der Waals surface area contributed by atoms with Crippen molar-refractivity contribution >= 4 is 16.8 Å². The van der Waals surface area contributed by atoms with E-state index in [1.165, 1.54) is 0 Å². The highest BCUT2D eigenvalue weighted by Crippen LogP contribution is 2.26. The molecule has 0 saturated carbocycles. The van der Waals surface area contributed by atoms with Crippen molar-refractivity contribution in [2.24, 2.45) is 0 Å². The van der Waals surface area contributed by atoms with Crippen molar-refractivity contribution in [2.45, 2.75) is 0 Å². The number of methoxy groups -OCH3 is 1. The Kier molecular flexibility index (Phi) is 5.43. The van der Waals surface area contributed by atoms with E-state index in [1.54, 1.807) is 19.5 Å². The Morgan fingerprint density at radius 2 is 2.04 bits per heavy atom. The van der Waals surface area contributed by atoms with Gasteiger partial charge in [0.2, 0.25) is 0 Å². The van der Waals surface area contributed by atoms with E-state index in [1.807, 2.05) is 41.3 Å². The van der Waals surface area contributed by atoms with Crippen LogP contribution in [0.4, 0.5) is 0 Å². The molecule has 0 aliphatic carbocycles. The van der Waals surface area contributed by atoms with Gasteiger partial charge in [0.1, 0.15) is 23.8 Å². The van der Waals surface area contributed by atoms with Gasteiger partial charge < -0.3 is 19.4 Å². The lowest BCUT2D eigenvalue weighted by molar-refractivity contribution is 0.0615. The Morgan fingerprint density at radius 1 is 1.18 bits per heavy atom. The number of aromatic amines is 1. The molecule has 146 valence electrons. The van der Waals surface area contributed by atoms with Crippen LogP contribution in [0.3, 0.4) is 0 Å². The Morgan fingerprint density at radius 3 is 2.79 bits per heavy atom. The number of carbonyl (C=O) groups is 1. The highest BCUT2D eigenvalue weighted by Gasteiger charge is 2.23. The third kappa shape index (κ3) is 3.94. The molecule has 7 nitrogen and oxygen atoms in total. The molecule has 4 rings (SSSR count). The summed E-state index contributed by atoms with van der Waals surface area (Å²) < 4.78 is 11.1. The molecule has 1 aliphatic rings. The van der Waals surface area contributed by atoms with Gasteiger partial charge in [0.25, 0.3) is 5.91 Å². The lowest BCUT2D eigenvalue weighted by atomic mass is 10.2. The summed E-state index contributed by atoms with van der Waals surface area (Å²) in [6.45, 7) is 4.54. The third-order valence-electron chi connectivity index (χ3n) is 5.04. The minimum atomic E-state index is 0.0320. The number of amides is 1. The number of pyridine rings is 1. The number of hydrogen-bond acceptors (Lipinski definition) is 5. The Hall–Kier alpha value is -3.06. The minimum Gasteiger partial charge on any atom is -0.495 e. The molecule has 3 heterocycles. The number of para-hydroxylation sites is 1. The van der Waals surface area contributed by atoms with E-state index >= 15 is 0 Å². The minimum absolute atomic E-state index is 0.0320. The number of fused-ring (bicyclic) bond motifs is 1. The summed E-state index contributed by atoms with van der Waals surface area (Å²) in [6.07, 6.45) is 3.44. The van der Waals surface area contributed by atoms with Crippen LogP contribution in [0.2, 0.25) is 0 Å². The molecule has 1 N–H and O–H groups in total. The normalized spacial score (nSPS) is 15.0.